The molecule has 1 aliphatic rings. The second-order valence-electron chi connectivity index (χ2n) is 6.49. The zero-order chi connectivity index (χ0) is 22.0. The largest absolute Gasteiger partial charge is 0.333 e. The molecule has 2 aromatic carbocycles. The molecule has 0 aromatic heterocycles. The summed E-state index contributed by atoms with van der Waals surface area (Å²) in [6, 6.07) is 11.5. The number of para-hydroxylation sites is 1. The Morgan fingerprint density at radius 2 is 1.77 bits per heavy atom. The van der Waals surface area contributed by atoms with Gasteiger partial charge in [-0.05, 0) is 36.4 Å². The van der Waals surface area contributed by atoms with Crippen LogP contribution in [-0.4, -0.2) is 47.1 Å². The first kappa shape index (κ1) is 21.3. The van der Waals surface area contributed by atoms with Crippen molar-refractivity contribution in [3.8, 4) is 0 Å². The molecule has 0 radical (unpaired) electrons. The molecule has 1 fully saturated rings. The van der Waals surface area contributed by atoms with Crippen molar-refractivity contribution in [1.29, 1.82) is 0 Å². The highest BCUT2D eigenvalue weighted by Gasteiger charge is 2.49. The summed E-state index contributed by atoms with van der Waals surface area (Å²) in [5.74, 6) is -2.00. The second-order valence-corrected chi connectivity index (χ2v) is 6.93. The molecule has 1 aliphatic heterocycles. The summed E-state index contributed by atoms with van der Waals surface area (Å²) in [4.78, 5) is 54.3. The summed E-state index contributed by atoms with van der Waals surface area (Å²) in [6.07, 6.45) is -1.30. The number of rotatable bonds is 5. The van der Waals surface area contributed by atoms with Crippen LogP contribution in [0.1, 0.15) is 23.7 Å². The number of nitrogens with zero attached hydrogens (tertiary/aromatic N) is 3. The molecule has 0 spiro atoms. The van der Waals surface area contributed by atoms with Gasteiger partial charge in [0.15, 0.2) is 6.17 Å². The lowest BCUT2D eigenvalue weighted by Crippen LogP contribution is -2.51. The van der Waals surface area contributed by atoms with Crippen LogP contribution in [0, 0.1) is 0 Å². The van der Waals surface area contributed by atoms with Crippen LogP contribution in [-0.2, 0) is 9.59 Å². The highest BCUT2D eigenvalue weighted by molar-refractivity contribution is 6.31. The molecular weight excluding hydrogens is 412 g/mol. The van der Waals surface area contributed by atoms with Crippen LogP contribution in [0.2, 0.25) is 5.02 Å². The van der Waals surface area contributed by atoms with Crippen molar-refractivity contribution >= 4 is 46.7 Å². The minimum absolute atomic E-state index is 0.0157. The summed E-state index contributed by atoms with van der Waals surface area (Å²) in [7, 11) is 1.39. The van der Waals surface area contributed by atoms with E-state index in [0.29, 0.717) is 10.7 Å². The Balaban J connectivity index is 2.11. The van der Waals surface area contributed by atoms with Gasteiger partial charge in [-0.1, -0.05) is 30.7 Å². The number of benzene rings is 2. The first-order chi connectivity index (χ1) is 14.3. The number of urea groups is 1. The number of carbonyl (C=O) groups excluding carboxylic acids is 4. The van der Waals surface area contributed by atoms with Crippen LogP contribution >= 0.6 is 11.6 Å². The van der Waals surface area contributed by atoms with Crippen molar-refractivity contribution < 1.29 is 24.4 Å². The van der Waals surface area contributed by atoms with Gasteiger partial charge in [0.05, 0.1) is 16.9 Å². The Bertz CT molecular complexity index is 1010. The lowest BCUT2D eigenvalue weighted by Gasteiger charge is -2.31. The molecule has 2 aromatic rings. The Morgan fingerprint density at radius 3 is 2.37 bits per heavy atom. The van der Waals surface area contributed by atoms with Gasteiger partial charge in [0, 0.05) is 18.5 Å². The minimum atomic E-state index is -1.31. The predicted molar refractivity (Wildman–Crippen MR) is 109 cm³/mol. The van der Waals surface area contributed by atoms with E-state index in [-0.39, 0.29) is 17.7 Å². The number of imide groups is 1. The third-order valence-electron chi connectivity index (χ3n) is 4.71. The van der Waals surface area contributed by atoms with Crippen LogP contribution in [0.25, 0.3) is 0 Å². The van der Waals surface area contributed by atoms with Crippen LogP contribution < -0.4 is 15.3 Å². The molecular formula is C20H19ClN4O5. The highest BCUT2D eigenvalue weighted by atomic mass is 35.5. The van der Waals surface area contributed by atoms with E-state index < -0.39 is 29.9 Å². The van der Waals surface area contributed by atoms with Crippen molar-refractivity contribution in [2.75, 3.05) is 16.8 Å². The zero-order valence-electron chi connectivity index (χ0n) is 16.2. The average Bonchev–Trinajstić information content (AvgIpc) is 2.97. The van der Waals surface area contributed by atoms with Gasteiger partial charge in [-0.3, -0.25) is 29.4 Å². The third kappa shape index (κ3) is 3.60. The fourth-order valence-electron chi connectivity index (χ4n) is 3.26. The predicted octanol–water partition coefficient (Wildman–Crippen LogP) is 2.63. The second kappa shape index (κ2) is 8.52. The van der Waals surface area contributed by atoms with Crippen LogP contribution in [0.5, 0.6) is 0 Å². The van der Waals surface area contributed by atoms with Gasteiger partial charge in [-0.2, -0.15) is 0 Å². The zero-order valence-corrected chi connectivity index (χ0v) is 17.0. The Kier molecular flexibility index (Phi) is 6.04. The van der Waals surface area contributed by atoms with Crippen molar-refractivity contribution in [1.82, 2.24) is 10.4 Å². The van der Waals surface area contributed by atoms with E-state index in [9.17, 15) is 19.2 Å². The van der Waals surface area contributed by atoms with E-state index in [1.807, 2.05) is 0 Å². The molecule has 156 valence electrons. The fourth-order valence-corrected chi connectivity index (χ4v) is 3.38. The van der Waals surface area contributed by atoms with Gasteiger partial charge in [-0.15, -0.1) is 0 Å². The molecule has 3 rings (SSSR count). The SMILES string of the molecule is CCC(=O)N(c1ccccc1C(=O)NO)C1C(=O)N(c2ccc(Cl)cc2)C(=O)N1C. The smallest absolute Gasteiger partial charge is 0.298 e. The Morgan fingerprint density at radius 1 is 1.13 bits per heavy atom. The molecule has 1 atom stereocenters. The first-order valence-electron chi connectivity index (χ1n) is 9.03. The van der Waals surface area contributed by atoms with Gasteiger partial charge >= 0.3 is 6.03 Å². The number of hydroxylamine groups is 1. The molecule has 5 amide bonds. The van der Waals surface area contributed by atoms with E-state index in [2.05, 4.69) is 0 Å². The summed E-state index contributed by atoms with van der Waals surface area (Å²) < 4.78 is 0. The molecule has 0 aliphatic carbocycles. The molecule has 1 saturated heterocycles. The molecule has 2 N–H and O–H groups in total. The van der Waals surface area contributed by atoms with Crippen molar-refractivity contribution in [3.63, 3.8) is 0 Å². The number of nitrogens with one attached hydrogen (secondary N) is 1. The number of hydrogen-bond donors (Lipinski definition) is 2. The maximum absolute atomic E-state index is 13.3. The van der Waals surface area contributed by atoms with Gasteiger partial charge < -0.3 is 0 Å². The molecule has 30 heavy (non-hydrogen) atoms. The standard InChI is InChI=1S/C20H19ClN4O5/c1-3-16(26)25(15-7-5-4-6-14(15)17(27)22-30)18-19(28)24(20(29)23(18)2)13-10-8-12(21)9-11-13/h4-11,18,30H,3H2,1-2H3,(H,22,27). The number of halogens is 1. The van der Waals surface area contributed by atoms with E-state index in [4.69, 9.17) is 16.8 Å². The molecule has 0 saturated carbocycles. The molecule has 1 unspecified atom stereocenters. The highest BCUT2D eigenvalue weighted by Crippen LogP contribution is 2.31. The van der Waals surface area contributed by atoms with Crippen LogP contribution in [0.15, 0.2) is 48.5 Å². The van der Waals surface area contributed by atoms with Crippen molar-refractivity contribution in [3.05, 3.63) is 59.1 Å². The van der Waals surface area contributed by atoms with Crippen molar-refractivity contribution in [2.45, 2.75) is 19.5 Å². The summed E-state index contributed by atoms with van der Waals surface area (Å²) in [5.41, 5.74) is 1.89. The van der Waals surface area contributed by atoms with Crippen molar-refractivity contribution in [2.24, 2.45) is 0 Å². The van der Waals surface area contributed by atoms with E-state index in [1.165, 1.54) is 36.8 Å². The fraction of sp³-hybridized carbons (Fsp3) is 0.200. The van der Waals surface area contributed by atoms with Gasteiger partial charge in [0.1, 0.15) is 0 Å². The monoisotopic (exact) mass is 430 g/mol. The van der Waals surface area contributed by atoms with E-state index in [1.54, 1.807) is 31.2 Å². The molecule has 10 heteroatoms. The average molecular weight is 431 g/mol. The third-order valence-corrected chi connectivity index (χ3v) is 4.96. The van der Waals surface area contributed by atoms with Gasteiger partial charge in [0.25, 0.3) is 11.8 Å². The summed E-state index contributed by atoms with van der Waals surface area (Å²) >= 11 is 5.89. The maximum Gasteiger partial charge on any atom is 0.333 e. The number of amides is 5. The number of anilines is 2. The quantitative estimate of drug-likeness (QED) is 0.430. The number of likely N-dealkylation sites (N-methyl/N-ethyl adjacent to an activating group) is 1. The molecule has 9 nitrogen and oxygen atoms in total. The topological polar surface area (TPSA) is 110 Å². The van der Waals surface area contributed by atoms with Gasteiger partial charge in [-0.25, -0.2) is 15.2 Å². The summed E-state index contributed by atoms with van der Waals surface area (Å²) in [5, 5.41) is 9.50. The van der Waals surface area contributed by atoms with Crippen LogP contribution in [0.4, 0.5) is 16.2 Å². The molecule has 1 heterocycles. The maximum atomic E-state index is 13.3. The lowest BCUT2D eigenvalue weighted by atomic mass is 10.1. The van der Waals surface area contributed by atoms with Gasteiger partial charge in [0.2, 0.25) is 5.91 Å². The van der Waals surface area contributed by atoms with Crippen LogP contribution in [0.3, 0.4) is 0 Å². The Hall–Kier alpha value is -3.43. The summed E-state index contributed by atoms with van der Waals surface area (Å²) in [6.45, 7) is 1.60. The number of carbonyl (C=O) groups is 4. The Labute approximate surface area is 177 Å². The minimum Gasteiger partial charge on any atom is -0.298 e. The molecule has 0 bridgehead atoms. The first-order valence-corrected chi connectivity index (χ1v) is 9.41. The normalized spacial score (nSPS) is 16.1. The number of hydrogen-bond acceptors (Lipinski definition) is 5. The van der Waals surface area contributed by atoms with E-state index >= 15 is 0 Å². The lowest BCUT2D eigenvalue weighted by molar-refractivity contribution is -0.125. The van der Waals surface area contributed by atoms with E-state index in [0.717, 1.165) is 14.7 Å².